The number of amides is 2. The van der Waals surface area contributed by atoms with Gasteiger partial charge in [0, 0.05) is 58.6 Å². The second kappa shape index (κ2) is 21.7. The third-order valence-corrected chi connectivity index (χ3v) is 20.5. The number of rotatable bonds is 11. The van der Waals surface area contributed by atoms with Crippen molar-refractivity contribution in [3.8, 4) is 0 Å². The van der Waals surface area contributed by atoms with Crippen molar-refractivity contribution in [3.05, 3.63) is 47.1 Å². The van der Waals surface area contributed by atoms with Gasteiger partial charge in [-0.15, -0.1) is 0 Å². The van der Waals surface area contributed by atoms with E-state index in [9.17, 15) is 19.5 Å². The van der Waals surface area contributed by atoms with E-state index in [0.717, 1.165) is 24.0 Å². The number of hydrogen-bond donors (Lipinski definition) is 3. The Morgan fingerprint density at radius 3 is 2.46 bits per heavy atom. The van der Waals surface area contributed by atoms with Gasteiger partial charge in [-0.25, -0.2) is 0 Å². The largest absolute Gasteiger partial charge is 0.462 e. The van der Waals surface area contributed by atoms with Crippen molar-refractivity contribution < 1.29 is 57.1 Å². The molecule has 5 heterocycles. The van der Waals surface area contributed by atoms with Crippen molar-refractivity contribution in [2.24, 2.45) is 23.7 Å². The standard InChI is InChI=1S/C52H84N2O12Si/c1-15-30(2)46-33(5)21-23-51(65-46)28-39-26-38(64-51)20-19-32(4)45(63-43-27-41(59-12)44(35(7)61-43)54-42(56)22-24-53-36(8)55)31(3)17-16-18-37-29-60-48-47(66-67(13,14)50(9,10)11)34(6)25-40(49(57)62-39)52(37,48)58/h16-19,25,30-31,33,35,38-41,43-48,58H,15,20-24,26-29H2,1-14H3,(H,53,55)(H,54,56)/b17-16+,32-19+,37-18+/t30?,31-,33-,35-,38+,39-,40-,41-,43-,44-,45?,46+,47+,48?,51+,52+/m0/s1. The van der Waals surface area contributed by atoms with Gasteiger partial charge in [-0.05, 0) is 80.3 Å². The zero-order valence-electron chi connectivity index (χ0n) is 43.0. The summed E-state index contributed by atoms with van der Waals surface area (Å²) in [6.07, 6.45) is 10.1. The highest BCUT2D eigenvalue weighted by Crippen LogP contribution is 2.50. The summed E-state index contributed by atoms with van der Waals surface area (Å²) in [7, 11) is -0.748. The number of methoxy groups -OCH3 is 1. The molecule has 0 saturated carbocycles. The smallest absolute Gasteiger partial charge is 0.316 e. The molecule has 15 heteroatoms. The van der Waals surface area contributed by atoms with Gasteiger partial charge in [0.05, 0.1) is 49.3 Å². The first-order valence-electron chi connectivity index (χ1n) is 25.1. The summed E-state index contributed by atoms with van der Waals surface area (Å²) >= 11 is 0. The normalized spacial score (nSPS) is 41.1. The minimum Gasteiger partial charge on any atom is -0.462 e. The quantitative estimate of drug-likeness (QED) is 0.105. The third-order valence-electron chi connectivity index (χ3n) is 16.0. The zero-order valence-corrected chi connectivity index (χ0v) is 44.0. The van der Waals surface area contributed by atoms with Gasteiger partial charge in [0.1, 0.15) is 23.7 Å². The van der Waals surface area contributed by atoms with Gasteiger partial charge in [0.15, 0.2) is 20.4 Å². The maximum absolute atomic E-state index is 14.8. The molecule has 1 spiro atoms. The van der Waals surface area contributed by atoms with Crippen LogP contribution in [0.4, 0.5) is 0 Å². The molecule has 16 atom stereocenters. The van der Waals surface area contributed by atoms with Crippen LogP contribution in [0.3, 0.4) is 0 Å². The number of allylic oxidation sites excluding steroid dienone is 2. The van der Waals surface area contributed by atoms with E-state index in [4.69, 9.17) is 37.6 Å². The molecule has 4 fully saturated rings. The first kappa shape index (κ1) is 53.6. The molecule has 3 unspecified atom stereocenters. The fourth-order valence-electron chi connectivity index (χ4n) is 10.7. The highest BCUT2D eigenvalue weighted by Gasteiger charge is 2.62. The van der Waals surface area contributed by atoms with Crippen molar-refractivity contribution in [1.82, 2.24) is 10.6 Å². The Labute approximate surface area is 401 Å². The van der Waals surface area contributed by atoms with Crippen LogP contribution in [0.1, 0.15) is 128 Å². The number of aliphatic hydroxyl groups is 1. The Morgan fingerprint density at radius 2 is 1.79 bits per heavy atom. The molecule has 4 saturated heterocycles. The number of carbonyl (C=O) groups is 3. The van der Waals surface area contributed by atoms with Gasteiger partial charge in [-0.2, -0.15) is 0 Å². The van der Waals surface area contributed by atoms with E-state index < -0.39 is 80.5 Å². The lowest BCUT2D eigenvalue weighted by atomic mass is 9.71. The molecule has 0 aromatic carbocycles. The molecule has 0 aromatic heterocycles. The molecule has 1 aliphatic carbocycles. The van der Waals surface area contributed by atoms with E-state index in [0.29, 0.717) is 49.5 Å². The fraction of sp³-hybridized carbons (Fsp3) is 0.788. The average molecular weight is 957 g/mol. The highest BCUT2D eigenvalue weighted by molar-refractivity contribution is 6.74. The second-order valence-corrected chi connectivity index (χ2v) is 26.9. The molecule has 67 heavy (non-hydrogen) atoms. The Morgan fingerprint density at radius 1 is 1.06 bits per heavy atom. The molecule has 2 amide bonds. The van der Waals surface area contributed by atoms with Crippen LogP contribution >= 0.6 is 0 Å². The Bertz CT molecular complexity index is 1890. The number of carbonyl (C=O) groups excluding carboxylic acids is 3. The Kier molecular flexibility index (Phi) is 17.4. The summed E-state index contributed by atoms with van der Waals surface area (Å²) in [6.45, 7) is 27.4. The van der Waals surface area contributed by atoms with E-state index >= 15 is 0 Å². The molecule has 0 radical (unpaired) electrons. The third kappa shape index (κ3) is 12.1. The summed E-state index contributed by atoms with van der Waals surface area (Å²) in [6, 6.07) is -0.424. The average Bonchev–Trinajstić information content (AvgIpc) is 3.59. The molecule has 6 rings (SSSR count). The van der Waals surface area contributed by atoms with Crippen LogP contribution in [0, 0.1) is 23.7 Å². The first-order chi connectivity index (χ1) is 31.4. The van der Waals surface area contributed by atoms with Gasteiger partial charge in [0.25, 0.3) is 0 Å². The molecular formula is C52H84N2O12Si. The Balaban J connectivity index is 1.35. The van der Waals surface area contributed by atoms with Gasteiger partial charge in [-0.3, -0.25) is 14.4 Å². The van der Waals surface area contributed by atoms with Crippen LogP contribution in [-0.4, -0.2) is 124 Å². The fourth-order valence-corrected chi connectivity index (χ4v) is 12.0. The summed E-state index contributed by atoms with van der Waals surface area (Å²) in [5, 5.41) is 18.8. The van der Waals surface area contributed by atoms with Crippen LogP contribution in [0.2, 0.25) is 18.1 Å². The molecule has 3 N–H and O–H groups in total. The summed E-state index contributed by atoms with van der Waals surface area (Å²) in [5.74, 6) is -2.39. The number of fused-ring (bicyclic) bond motifs is 2. The zero-order chi connectivity index (χ0) is 49.2. The lowest BCUT2D eigenvalue weighted by Gasteiger charge is -2.51. The topological polar surface area (TPSA) is 169 Å². The number of hydrogen-bond acceptors (Lipinski definition) is 12. The van der Waals surface area contributed by atoms with E-state index in [2.05, 4.69) is 85.2 Å². The number of esters is 1. The van der Waals surface area contributed by atoms with Gasteiger partial charge >= 0.3 is 5.97 Å². The van der Waals surface area contributed by atoms with E-state index in [1.165, 1.54) is 6.92 Å². The summed E-state index contributed by atoms with van der Waals surface area (Å²) < 4.78 is 53.6. The van der Waals surface area contributed by atoms with Crippen LogP contribution in [0.5, 0.6) is 0 Å². The minimum absolute atomic E-state index is 0.00793. The molecular weight excluding hydrogens is 873 g/mol. The van der Waals surface area contributed by atoms with E-state index in [1.807, 2.05) is 38.2 Å². The van der Waals surface area contributed by atoms with Crippen LogP contribution in [0.25, 0.3) is 0 Å². The summed E-state index contributed by atoms with van der Waals surface area (Å²) in [4.78, 5) is 39.1. The molecule has 2 bridgehead atoms. The lowest BCUT2D eigenvalue weighted by Crippen LogP contribution is -2.60. The first-order valence-corrected chi connectivity index (χ1v) is 28.0. The number of ether oxygens (including phenoxy) is 7. The van der Waals surface area contributed by atoms with Crippen LogP contribution in [-0.2, 0) is 52.0 Å². The molecule has 0 aromatic rings. The SMILES string of the molecule is CCC(C)[C@H]1O[C@]2(CC[C@@H]1C)C[C@@H]1C[C@@H](C/C=C(\C)C(O[C@H]3C[C@H](OC)[C@@H](NC(=O)CCNC(C)=O)[C@H](C)O3)[C@@H](C)/C=C/C=C3\COC4[C@H](O[Si](C)(C)C(C)(C)C)C(C)=C[C@@H](C(=O)O1)[C@]34O)O2. The monoisotopic (exact) mass is 957 g/mol. The maximum atomic E-state index is 14.8. The van der Waals surface area contributed by atoms with Crippen molar-refractivity contribution >= 4 is 26.1 Å². The van der Waals surface area contributed by atoms with Crippen molar-refractivity contribution in [3.63, 3.8) is 0 Å². The highest BCUT2D eigenvalue weighted by atomic mass is 28.4. The molecule has 6 aliphatic rings. The Hall–Kier alpha value is -2.73. The van der Waals surface area contributed by atoms with Crippen LogP contribution in [0.15, 0.2) is 47.1 Å². The summed E-state index contributed by atoms with van der Waals surface area (Å²) in [5.41, 5.74) is 0.657. The second-order valence-electron chi connectivity index (χ2n) is 22.2. The van der Waals surface area contributed by atoms with E-state index in [-0.39, 0.29) is 54.6 Å². The maximum Gasteiger partial charge on any atom is 0.316 e. The molecule has 14 nitrogen and oxygen atoms in total. The molecule has 378 valence electrons. The predicted octanol–water partition coefficient (Wildman–Crippen LogP) is 7.75. The number of nitrogens with one attached hydrogen (secondary N) is 2. The van der Waals surface area contributed by atoms with Gasteiger partial charge in [-0.1, -0.05) is 85.3 Å². The van der Waals surface area contributed by atoms with Crippen molar-refractivity contribution in [1.29, 1.82) is 0 Å². The van der Waals surface area contributed by atoms with Gasteiger partial charge < -0.3 is 53.3 Å². The van der Waals surface area contributed by atoms with Gasteiger partial charge in [0.2, 0.25) is 11.8 Å². The molecule has 5 aliphatic heterocycles. The van der Waals surface area contributed by atoms with E-state index in [1.54, 1.807) is 7.11 Å². The minimum atomic E-state index is -2.37. The van der Waals surface area contributed by atoms with Crippen molar-refractivity contribution in [2.45, 2.75) is 218 Å². The predicted molar refractivity (Wildman–Crippen MR) is 258 cm³/mol. The lowest BCUT2D eigenvalue weighted by molar-refractivity contribution is -0.340. The van der Waals surface area contributed by atoms with Crippen LogP contribution < -0.4 is 10.6 Å². The van der Waals surface area contributed by atoms with Crippen molar-refractivity contribution in [2.75, 3.05) is 20.3 Å².